The van der Waals surface area contributed by atoms with Gasteiger partial charge in [-0.2, -0.15) is 48.3 Å². The zero-order valence-electron chi connectivity index (χ0n) is 9.33. The van der Waals surface area contributed by atoms with Gasteiger partial charge in [-0.1, -0.05) is 0 Å². The number of aliphatic carboxylic acids is 1. The summed E-state index contributed by atoms with van der Waals surface area (Å²) in [6, 6.07) is -3.74. The molecule has 1 unspecified atom stereocenters. The summed E-state index contributed by atoms with van der Waals surface area (Å²) < 4.78 is 139. The molecule has 0 bridgehead atoms. The van der Waals surface area contributed by atoms with Crippen molar-refractivity contribution in [3.8, 4) is 0 Å². The van der Waals surface area contributed by atoms with E-state index in [9.17, 15) is 53.1 Å². The van der Waals surface area contributed by atoms with Crippen LogP contribution in [0, 0.1) is 0 Å². The number of ether oxygens (including phenoxy) is 2. The van der Waals surface area contributed by atoms with Gasteiger partial charge in [-0.15, -0.1) is 0 Å². The molecule has 0 aliphatic carbocycles. The molecule has 0 aromatic carbocycles. The second-order valence-corrected chi connectivity index (χ2v) is 3.17. The van der Waals surface area contributed by atoms with Gasteiger partial charge in [0.1, 0.15) is 0 Å². The van der Waals surface area contributed by atoms with E-state index in [-0.39, 0.29) is 0 Å². The summed E-state index contributed by atoms with van der Waals surface area (Å²) >= 11 is 0. The van der Waals surface area contributed by atoms with Crippen molar-refractivity contribution in [2.45, 2.75) is 24.2 Å². The largest absolute Gasteiger partial charge is 0.475 e. The molecule has 0 radical (unpaired) electrons. The zero-order valence-corrected chi connectivity index (χ0v) is 9.33. The van der Waals surface area contributed by atoms with E-state index >= 15 is 0 Å². The first-order chi connectivity index (χ1) is 9.48. The molecule has 22 heavy (non-hydrogen) atoms. The molecule has 0 aliphatic rings. The van der Waals surface area contributed by atoms with Gasteiger partial charge in [0.2, 0.25) is 0 Å². The number of carboxylic acid groups (broad SMARTS) is 1. The van der Waals surface area contributed by atoms with Crippen LogP contribution in [0.4, 0.5) is 48.3 Å². The highest BCUT2D eigenvalue weighted by Crippen LogP contribution is 2.50. The van der Waals surface area contributed by atoms with Gasteiger partial charge in [0.25, 0.3) is 0 Å². The van der Waals surface area contributed by atoms with Crippen LogP contribution >= 0.6 is 0 Å². The van der Waals surface area contributed by atoms with Gasteiger partial charge in [-0.05, 0) is 0 Å². The molecule has 0 aromatic rings. The van der Waals surface area contributed by atoms with Gasteiger partial charge in [0, 0.05) is 0 Å². The number of carbonyl (C=O) groups is 1. The minimum Gasteiger partial charge on any atom is -0.475 e. The number of hydrogen-bond acceptors (Lipinski definition) is 3. The maximum absolute atomic E-state index is 13.2. The molecule has 1 N–H and O–H groups in total. The lowest BCUT2D eigenvalue weighted by Crippen LogP contribution is -2.61. The summed E-state index contributed by atoms with van der Waals surface area (Å²) in [7, 11) is 0. The van der Waals surface area contributed by atoms with Crippen molar-refractivity contribution in [3.63, 3.8) is 0 Å². The van der Waals surface area contributed by atoms with Gasteiger partial charge in [-0.3, -0.25) is 4.74 Å². The lowest BCUT2D eigenvalue weighted by Gasteiger charge is -2.34. The van der Waals surface area contributed by atoms with Crippen LogP contribution in [-0.2, 0) is 14.3 Å². The van der Waals surface area contributed by atoms with Gasteiger partial charge >= 0.3 is 42.3 Å². The first-order valence-corrected chi connectivity index (χ1v) is 4.32. The van der Waals surface area contributed by atoms with Gasteiger partial charge in [0.15, 0.2) is 0 Å². The molecule has 0 aromatic heterocycles. The van der Waals surface area contributed by atoms with Gasteiger partial charge < -0.3 is 9.84 Å². The lowest BCUT2D eigenvalue weighted by molar-refractivity contribution is -0.491. The Morgan fingerprint density at radius 3 is 1.55 bits per heavy atom. The molecule has 0 spiro atoms. The van der Waals surface area contributed by atoms with Crippen molar-refractivity contribution in [2.24, 2.45) is 0 Å². The molecule has 0 amide bonds. The topological polar surface area (TPSA) is 55.8 Å². The highest BCUT2D eigenvalue weighted by molar-refractivity contribution is 5.73. The van der Waals surface area contributed by atoms with Gasteiger partial charge in [-0.25, -0.2) is 4.79 Å². The summed E-state index contributed by atoms with van der Waals surface area (Å²) in [4.78, 5) is 9.78. The van der Waals surface area contributed by atoms with Gasteiger partial charge in [0.05, 0.1) is 0 Å². The Balaban J connectivity index is 5.93. The maximum atomic E-state index is 13.2. The van der Waals surface area contributed by atoms with Crippen LogP contribution < -0.4 is 0 Å². The summed E-state index contributed by atoms with van der Waals surface area (Å²) in [6.07, 6.45) is -23.9. The van der Waals surface area contributed by atoms with Crippen molar-refractivity contribution >= 4 is 5.97 Å². The average molecular weight is 358 g/mol. The Bertz CT molecular complexity index is 466. The van der Waals surface area contributed by atoms with Crippen molar-refractivity contribution in [1.82, 2.24) is 0 Å². The van der Waals surface area contributed by atoms with Crippen LogP contribution in [0.1, 0.15) is 0 Å². The molecule has 0 saturated carbocycles. The first kappa shape index (κ1) is 20.2. The highest BCUT2D eigenvalue weighted by Gasteiger charge is 2.79. The molecule has 0 saturated heterocycles. The molecule has 0 aliphatic heterocycles. The third kappa shape index (κ3) is 3.89. The Morgan fingerprint density at radius 2 is 1.27 bits per heavy atom. The monoisotopic (exact) mass is 358 g/mol. The summed E-state index contributed by atoms with van der Waals surface area (Å²) in [6.45, 7) is 0. The van der Waals surface area contributed by atoms with Crippen molar-refractivity contribution in [2.75, 3.05) is 0 Å². The minimum atomic E-state index is -7.14. The molecule has 0 rings (SSSR count). The molecular weight excluding hydrogens is 357 g/mol. The summed E-state index contributed by atoms with van der Waals surface area (Å²) in [5.74, 6) is -10.6. The zero-order chi connectivity index (χ0) is 18.1. The number of carboxylic acids is 1. The van der Waals surface area contributed by atoms with E-state index in [2.05, 4.69) is 0 Å². The van der Waals surface area contributed by atoms with E-state index in [1.807, 2.05) is 9.47 Å². The predicted molar refractivity (Wildman–Crippen MR) is 39.9 cm³/mol. The van der Waals surface area contributed by atoms with E-state index in [0.29, 0.717) is 0 Å². The molecule has 130 valence electrons. The molecule has 15 heteroatoms. The summed E-state index contributed by atoms with van der Waals surface area (Å²) in [5, 5.41) is 7.71. The third-order valence-corrected chi connectivity index (χ3v) is 1.62. The highest BCUT2D eigenvalue weighted by atomic mass is 19.4. The smallest absolute Gasteiger partial charge is 0.471 e. The van der Waals surface area contributed by atoms with Crippen LogP contribution in [0.15, 0.2) is 12.1 Å². The average Bonchev–Trinajstić information content (AvgIpc) is 2.25. The number of hydrogen-bond donors (Lipinski definition) is 1. The number of rotatable bonds is 6. The van der Waals surface area contributed by atoms with Crippen LogP contribution in [0.2, 0.25) is 0 Å². The third-order valence-electron chi connectivity index (χ3n) is 1.62. The van der Waals surface area contributed by atoms with E-state index in [0.717, 1.165) is 0 Å². The fraction of sp³-hybridized carbons (Fsp3) is 0.571. The Hall–Kier alpha value is -1.80. The molecule has 0 heterocycles. The van der Waals surface area contributed by atoms with E-state index in [4.69, 9.17) is 5.11 Å². The Morgan fingerprint density at radius 1 is 0.864 bits per heavy atom. The van der Waals surface area contributed by atoms with Crippen LogP contribution in [-0.4, -0.2) is 35.3 Å². The second kappa shape index (κ2) is 5.77. The molecule has 4 nitrogen and oxygen atoms in total. The standard InChI is InChI=1S/C7HF11O4/c8-1(9)2(10)21-7(17,18)5(13,6(14,15)16)22-4(11,12)3(19)20/h(H,19,20). The quantitative estimate of drug-likeness (QED) is 0.583. The molecular formula is C7HF11O4. The van der Waals surface area contributed by atoms with Crippen molar-refractivity contribution < 1.29 is 67.7 Å². The van der Waals surface area contributed by atoms with Crippen LogP contribution in [0.3, 0.4) is 0 Å². The SMILES string of the molecule is O=C(O)C(F)(F)OC(F)(C(F)(F)F)C(F)(F)OC(F)=C(F)F. The number of alkyl halides is 8. The second-order valence-electron chi connectivity index (χ2n) is 3.17. The normalized spacial score (nSPS) is 16.0. The van der Waals surface area contributed by atoms with Crippen molar-refractivity contribution in [1.29, 1.82) is 0 Å². The molecule has 1 atom stereocenters. The Labute approximate surface area is 111 Å². The molecule has 0 fully saturated rings. The van der Waals surface area contributed by atoms with Crippen molar-refractivity contribution in [3.05, 3.63) is 12.1 Å². The van der Waals surface area contributed by atoms with E-state index in [1.165, 1.54) is 0 Å². The lowest BCUT2D eigenvalue weighted by atomic mass is 10.2. The minimum absolute atomic E-state index is 1.86. The Kier molecular flexibility index (Phi) is 5.30. The fourth-order valence-electron chi connectivity index (χ4n) is 0.719. The predicted octanol–water partition coefficient (Wildman–Crippen LogP) is 3.55. The van der Waals surface area contributed by atoms with E-state index in [1.54, 1.807) is 0 Å². The maximum Gasteiger partial charge on any atom is 0.471 e. The fourth-order valence-corrected chi connectivity index (χ4v) is 0.719. The first-order valence-electron chi connectivity index (χ1n) is 4.32. The van der Waals surface area contributed by atoms with Crippen LogP contribution in [0.5, 0.6) is 0 Å². The number of halogens is 11. The summed E-state index contributed by atoms with van der Waals surface area (Å²) in [5.41, 5.74) is 0. The van der Waals surface area contributed by atoms with E-state index < -0.39 is 42.3 Å². The van der Waals surface area contributed by atoms with Crippen LogP contribution in [0.25, 0.3) is 0 Å².